The Balaban J connectivity index is 2.31. The SMILES string of the molecule is CCCCCCC/C=C\C/C=C\C/C=C\CCCCCCCCCCCCCOCC(COC1OC(CO)C(O)C(OS(=O)(=O)O)C1O)OC(=O)CCCCCCCC/C=C\C/C=C\C/C=C\CCCCCCC. The van der Waals surface area contributed by atoms with Crippen molar-refractivity contribution in [3.05, 3.63) is 72.9 Å². The number of allylic oxidation sites excluding steroid dienone is 12. The molecule has 1 fully saturated rings. The first-order valence-corrected chi connectivity index (χ1v) is 31.1. The highest BCUT2D eigenvalue weighted by Gasteiger charge is 2.48. The highest BCUT2D eigenvalue weighted by atomic mass is 32.3. The van der Waals surface area contributed by atoms with Crippen molar-refractivity contribution in [3.63, 3.8) is 0 Å². The third-order valence-electron chi connectivity index (χ3n) is 13.3. The van der Waals surface area contributed by atoms with Crippen LogP contribution in [0.25, 0.3) is 0 Å². The van der Waals surface area contributed by atoms with Crippen LogP contribution in [0.5, 0.6) is 0 Å². The molecule has 430 valence electrons. The first kappa shape index (κ1) is 69.6. The van der Waals surface area contributed by atoms with Crippen molar-refractivity contribution >= 4 is 16.4 Å². The average molecular weight is 1070 g/mol. The smallest absolute Gasteiger partial charge is 0.397 e. The maximum atomic E-state index is 13.0. The Morgan fingerprint density at radius 3 is 1.30 bits per heavy atom. The quantitative estimate of drug-likeness (QED) is 0.0196. The standard InChI is InChI=1S/C61H108O12S/c1-3-5-7-9-11-13-15-17-19-21-23-25-26-27-28-29-31-33-35-37-39-41-43-45-47-49-51-69-53-55(54-70-61-59(65)60(73-74(66,67)68)58(64)56(52-62)72-61)71-57(63)50-48-46-44-42-40-38-36-34-32-30-24-22-20-18-16-14-12-10-8-6-4-2/h15-18,21-24,26-27,32,34,55-56,58-62,64-65H,3-14,19-20,25,28-31,33,35-54H2,1-2H3,(H,66,67,68)/b17-15-,18-16-,23-21-,24-22-,27-26-,34-32-. The van der Waals surface area contributed by atoms with Gasteiger partial charge in [-0.15, -0.1) is 0 Å². The second-order valence-electron chi connectivity index (χ2n) is 20.2. The fraction of sp³-hybridized carbons (Fsp3) is 0.787. The van der Waals surface area contributed by atoms with E-state index in [0.29, 0.717) is 13.0 Å². The van der Waals surface area contributed by atoms with Gasteiger partial charge < -0.3 is 34.3 Å². The molecule has 0 aliphatic carbocycles. The molecule has 0 aromatic carbocycles. The fourth-order valence-electron chi connectivity index (χ4n) is 8.81. The molecule has 1 aliphatic heterocycles. The van der Waals surface area contributed by atoms with Crippen molar-refractivity contribution in [1.29, 1.82) is 0 Å². The van der Waals surface area contributed by atoms with Crippen molar-refractivity contribution < 1.29 is 56.2 Å². The topological polar surface area (TPSA) is 178 Å². The number of esters is 1. The van der Waals surface area contributed by atoms with Gasteiger partial charge in [0.25, 0.3) is 0 Å². The zero-order valence-electron chi connectivity index (χ0n) is 46.6. The zero-order chi connectivity index (χ0) is 53.8. The van der Waals surface area contributed by atoms with Gasteiger partial charge >= 0.3 is 16.4 Å². The maximum absolute atomic E-state index is 13.0. The zero-order valence-corrected chi connectivity index (χ0v) is 47.5. The van der Waals surface area contributed by atoms with Crippen molar-refractivity contribution in [2.45, 2.75) is 282 Å². The number of carbonyl (C=O) groups is 1. The first-order chi connectivity index (χ1) is 36.1. The van der Waals surface area contributed by atoms with Crippen LogP contribution in [0.3, 0.4) is 0 Å². The van der Waals surface area contributed by atoms with Crippen LogP contribution in [-0.4, -0.2) is 97.5 Å². The number of rotatable bonds is 52. The van der Waals surface area contributed by atoms with Gasteiger partial charge in [-0.05, 0) is 89.9 Å². The maximum Gasteiger partial charge on any atom is 0.397 e. The number of aliphatic hydroxyl groups is 3. The molecule has 0 bridgehead atoms. The van der Waals surface area contributed by atoms with Crippen molar-refractivity contribution in [2.75, 3.05) is 26.4 Å². The van der Waals surface area contributed by atoms with Crippen LogP contribution in [0.4, 0.5) is 0 Å². The number of hydrogen-bond donors (Lipinski definition) is 4. The molecule has 0 aromatic heterocycles. The molecule has 12 nitrogen and oxygen atoms in total. The molecule has 1 rings (SSSR count). The Bertz CT molecular complexity index is 1560. The van der Waals surface area contributed by atoms with Gasteiger partial charge in [0.2, 0.25) is 0 Å². The number of hydrogen-bond acceptors (Lipinski definition) is 11. The lowest BCUT2D eigenvalue weighted by molar-refractivity contribution is -0.301. The van der Waals surface area contributed by atoms with Crippen LogP contribution in [-0.2, 0) is 38.3 Å². The summed E-state index contributed by atoms with van der Waals surface area (Å²) in [5.74, 6) is -0.412. The predicted octanol–water partition coefficient (Wildman–Crippen LogP) is 15.0. The largest absolute Gasteiger partial charge is 0.457 e. The number of unbranched alkanes of at least 4 members (excludes halogenated alkanes) is 27. The summed E-state index contributed by atoms with van der Waals surface area (Å²) in [6.07, 6.45) is 59.3. The van der Waals surface area contributed by atoms with Crippen LogP contribution >= 0.6 is 0 Å². The van der Waals surface area contributed by atoms with Gasteiger partial charge in [-0.1, -0.05) is 222 Å². The summed E-state index contributed by atoms with van der Waals surface area (Å²) in [7, 11) is -5.07. The van der Waals surface area contributed by atoms with Crippen LogP contribution in [0.2, 0.25) is 0 Å². The molecule has 0 radical (unpaired) electrons. The Hall–Kier alpha value is -2.46. The third-order valence-corrected chi connectivity index (χ3v) is 13.8. The minimum absolute atomic E-state index is 0.0258. The van der Waals surface area contributed by atoms with Gasteiger partial charge in [0.15, 0.2) is 6.29 Å². The lowest BCUT2D eigenvalue weighted by Gasteiger charge is -2.41. The van der Waals surface area contributed by atoms with E-state index in [4.69, 9.17) is 18.9 Å². The van der Waals surface area contributed by atoms with E-state index >= 15 is 0 Å². The van der Waals surface area contributed by atoms with Gasteiger partial charge in [-0.3, -0.25) is 9.35 Å². The number of carbonyl (C=O) groups excluding carboxylic acids is 1. The molecule has 6 unspecified atom stereocenters. The van der Waals surface area contributed by atoms with Crippen molar-refractivity contribution in [1.82, 2.24) is 0 Å². The Morgan fingerprint density at radius 2 is 0.892 bits per heavy atom. The second kappa shape index (κ2) is 51.3. The van der Waals surface area contributed by atoms with E-state index < -0.39 is 59.8 Å². The van der Waals surface area contributed by atoms with E-state index in [0.717, 1.165) is 83.5 Å². The van der Waals surface area contributed by atoms with Gasteiger partial charge in [-0.2, -0.15) is 8.42 Å². The summed E-state index contributed by atoms with van der Waals surface area (Å²) in [5, 5.41) is 30.9. The molecule has 1 saturated heterocycles. The molecule has 0 spiro atoms. The van der Waals surface area contributed by atoms with E-state index in [1.165, 1.54) is 135 Å². The highest BCUT2D eigenvalue weighted by Crippen LogP contribution is 2.26. The van der Waals surface area contributed by atoms with Crippen molar-refractivity contribution in [3.8, 4) is 0 Å². The molecular formula is C61H108O12S. The number of aliphatic hydroxyl groups excluding tert-OH is 3. The van der Waals surface area contributed by atoms with Gasteiger partial charge in [0.1, 0.15) is 30.5 Å². The normalized spacial score (nSPS) is 19.2. The van der Waals surface area contributed by atoms with Crippen LogP contribution in [0.1, 0.15) is 245 Å². The minimum atomic E-state index is -5.07. The van der Waals surface area contributed by atoms with Crippen molar-refractivity contribution in [2.24, 2.45) is 0 Å². The summed E-state index contributed by atoms with van der Waals surface area (Å²) in [4.78, 5) is 13.0. The molecule has 0 saturated carbocycles. The highest BCUT2D eigenvalue weighted by molar-refractivity contribution is 7.80. The Labute approximate surface area is 451 Å². The van der Waals surface area contributed by atoms with E-state index in [2.05, 4.69) is 90.9 Å². The summed E-state index contributed by atoms with van der Waals surface area (Å²) in [6.45, 7) is 3.97. The molecular weight excluding hydrogens is 957 g/mol. The molecule has 1 aliphatic rings. The minimum Gasteiger partial charge on any atom is -0.457 e. The first-order valence-electron chi connectivity index (χ1n) is 29.7. The summed E-state index contributed by atoms with van der Waals surface area (Å²) in [6, 6.07) is 0. The lowest BCUT2D eigenvalue weighted by atomic mass is 9.99. The van der Waals surface area contributed by atoms with E-state index in [-0.39, 0.29) is 19.6 Å². The molecule has 0 aromatic rings. The van der Waals surface area contributed by atoms with E-state index in [1.54, 1.807) is 0 Å². The monoisotopic (exact) mass is 1060 g/mol. The number of ether oxygens (including phenoxy) is 4. The summed E-state index contributed by atoms with van der Waals surface area (Å²) < 4.78 is 59.5. The lowest BCUT2D eigenvalue weighted by Crippen LogP contribution is -2.60. The molecule has 13 heteroatoms. The van der Waals surface area contributed by atoms with Gasteiger partial charge in [-0.25, -0.2) is 4.18 Å². The van der Waals surface area contributed by atoms with E-state index in [1.807, 2.05) is 0 Å². The van der Waals surface area contributed by atoms with E-state index in [9.17, 15) is 33.1 Å². The Morgan fingerprint density at radius 1 is 0.514 bits per heavy atom. The molecule has 0 amide bonds. The Kier molecular flexibility index (Phi) is 48.2. The second-order valence-corrected chi connectivity index (χ2v) is 21.3. The molecule has 1 heterocycles. The molecule has 74 heavy (non-hydrogen) atoms. The van der Waals surface area contributed by atoms with Gasteiger partial charge in [0, 0.05) is 13.0 Å². The van der Waals surface area contributed by atoms with Crippen LogP contribution in [0.15, 0.2) is 72.9 Å². The fourth-order valence-corrected chi connectivity index (χ4v) is 9.31. The molecule has 6 atom stereocenters. The molecule has 4 N–H and O–H groups in total. The summed E-state index contributed by atoms with van der Waals surface area (Å²) in [5.41, 5.74) is 0. The third kappa shape index (κ3) is 43.6. The van der Waals surface area contributed by atoms with Crippen LogP contribution < -0.4 is 0 Å². The summed E-state index contributed by atoms with van der Waals surface area (Å²) >= 11 is 0. The average Bonchev–Trinajstić information content (AvgIpc) is 3.38. The van der Waals surface area contributed by atoms with Gasteiger partial charge in [0.05, 0.1) is 19.8 Å². The van der Waals surface area contributed by atoms with Crippen LogP contribution in [0, 0.1) is 0 Å². The predicted molar refractivity (Wildman–Crippen MR) is 303 cm³/mol.